The Morgan fingerprint density at radius 1 is 1.47 bits per heavy atom. The smallest absolute Gasteiger partial charge is 0.147 e. The average Bonchev–Trinajstić information content (AvgIpc) is 2.15. The Bertz CT molecular complexity index is 326. The predicted molar refractivity (Wildman–Crippen MR) is 65.0 cm³/mol. The van der Waals surface area contributed by atoms with Crippen LogP contribution in [-0.4, -0.2) is 23.5 Å². The van der Waals surface area contributed by atoms with E-state index in [4.69, 9.17) is 23.2 Å². The fraction of sp³-hybridized carbons (Fsp3) is 0.545. The first-order chi connectivity index (χ1) is 7.33. The molecule has 1 aliphatic rings. The van der Waals surface area contributed by atoms with Crippen molar-refractivity contribution in [3.63, 3.8) is 0 Å². The second-order valence-electron chi connectivity index (χ2n) is 3.78. The van der Waals surface area contributed by atoms with Crippen molar-refractivity contribution in [3.05, 3.63) is 23.4 Å². The van der Waals surface area contributed by atoms with Crippen molar-refractivity contribution in [2.45, 2.75) is 25.3 Å². The highest BCUT2D eigenvalue weighted by atomic mass is 35.5. The van der Waals surface area contributed by atoms with Crippen molar-refractivity contribution in [1.29, 1.82) is 0 Å². The van der Waals surface area contributed by atoms with Crippen molar-refractivity contribution < 1.29 is 0 Å². The van der Waals surface area contributed by atoms with E-state index in [2.05, 4.69) is 9.88 Å². The number of pyridine rings is 1. The summed E-state index contributed by atoms with van der Waals surface area (Å²) in [7, 11) is 0. The summed E-state index contributed by atoms with van der Waals surface area (Å²) in [6, 6.07) is 4.31. The zero-order valence-corrected chi connectivity index (χ0v) is 10.0. The highest BCUT2D eigenvalue weighted by molar-refractivity contribution is 6.33. The van der Waals surface area contributed by atoms with E-state index in [0.29, 0.717) is 11.9 Å². The monoisotopic (exact) mass is 244 g/mol. The molecule has 0 spiro atoms. The van der Waals surface area contributed by atoms with Gasteiger partial charge in [0.05, 0.1) is 5.02 Å². The Labute approximate surface area is 100 Å². The van der Waals surface area contributed by atoms with Crippen LogP contribution >= 0.6 is 23.2 Å². The van der Waals surface area contributed by atoms with Crippen LogP contribution < -0.4 is 4.90 Å². The van der Waals surface area contributed by atoms with Gasteiger partial charge in [-0.1, -0.05) is 11.6 Å². The van der Waals surface area contributed by atoms with Gasteiger partial charge in [0.25, 0.3) is 0 Å². The molecule has 1 aromatic heterocycles. The molecule has 0 unspecified atom stereocenters. The van der Waals surface area contributed by atoms with Crippen LogP contribution in [0.4, 0.5) is 5.82 Å². The summed E-state index contributed by atoms with van der Waals surface area (Å²) < 4.78 is 0. The third kappa shape index (κ3) is 2.37. The molecule has 0 bridgehead atoms. The van der Waals surface area contributed by atoms with Gasteiger partial charge >= 0.3 is 0 Å². The Balaban J connectivity index is 2.19. The molecule has 2 rings (SSSR count). The molecule has 0 aliphatic heterocycles. The minimum absolute atomic E-state index is 0.580. The van der Waals surface area contributed by atoms with Crippen LogP contribution in [0.1, 0.15) is 19.3 Å². The normalized spacial score (nSPS) is 16.1. The molecule has 1 aliphatic carbocycles. The molecule has 82 valence electrons. The molecule has 15 heavy (non-hydrogen) atoms. The van der Waals surface area contributed by atoms with Gasteiger partial charge < -0.3 is 4.90 Å². The summed E-state index contributed by atoms with van der Waals surface area (Å²) in [5, 5.41) is 0.717. The molecule has 0 saturated heterocycles. The van der Waals surface area contributed by atoms with E-state index < -0.39 is 0 Å². The average molecular weight is 245 g/mol. The minimum atomic E-state index is 0.580. The molecular weight excluding hydrogens is 231 g/mol. The first kappa shape index (κ1) is 11.0. The first-order valence-electron chi connectivity index (χ1n) is 5.26. The van der Waals surface area contributed by atoms with Crippen molar-refractivity contribution in [3.8, 4) is 0 Å². The zero-order chi connectivity index (χ0) is 10.7. The number of halogens is 2. The number of hydrogen-bond donors (Lipinski definition) is 0. The third-order valence-electron chi connectivity index (χ3n) is 2.85. The Morgan fingerprint density at radius 3 is 2.80 bits per heavy atom. The van der Waals surface area contributed by atoms with E-state index in [1.54, 1.807) is 6.20 Å². The molecule has 0 amide bonds. The summed E-state index contributed by atoms with van der Waals surface area (Å²) >= 11 is 11.9. The number of rotatable bonds is 4. The van der Waals surface area contributed by atoms with Crippen LogP contribution in [0.5, 0.6) is 0 Å². The summed E-state index contributed by atoms with van der Waals surface area (Å²) in [5.74, 6) is 1.49. The Hall–Kier alpha value is -0.470. The van der Waals surface area contributed by atoms with Gasteiger partial charge in [-0.3, -0.25) is 0 Å². The Morgan fingerprint density at radius 2 is 2.27 bits per heavy atom. The lowest BCUT2D eigenvalue weighted by Gasteiger charge is -2.38. The number of aromatic nitrogens is 1. The van der Waals surface area contributed by atoms with E-state index in [0.717, 1.165) is 17.4 Å². The van der Waals surface area contributed by atoms with Gasteiger partial charge in [-0.25, -0.2) is 4.98 Å². The van der Waals surface area contributed by atoms with Gasteiger partial charge in [0.2, 0.25) is 0 Å². The number of alkyl halides is 1. The van der Waals surface area contributed by atoms with Crippen LogP contribution in [0.2, 0.25) is 5.02 Å². The van der Waals surface area contributed by atoms with Gasteiger partial charge in [0.1, 0.15) is 5.82 Å². The zero-order valence-electron chi connectivity index (χ0n) is 8.50. The molecule has 0 aromatic carbocycles. The van der Waals surface area contributed by atoms with Gasteiger partial charge in [-0.05, 0) is 31.4 Å². The molecular formula is C11H14Cl2N2. The molecule has 0 atom stereocenters. The standard InChI is InChI=1S/C11H14Cl2N2/c12-6-8-15(9-3-1-4-9)11-10(13)5-2-7-14-11/h2,5,7,9H,1,3-4,6,8H2. The molecule has 4 heteroatoms. The van der Waals surface area contributed by atoms with Crippen molar-refractivity contribution in [1.82, 2.24) is 4.98 Å². The van der Waals surface area contributed by atoms with Crippen LogP contribution in [0.3, 0.4) is 0 Å². The SMILES string of the molecule is ClCCN(c1ncccc1Cl)C1CCC1. The molecule has 1 saturated carbocycles. The van der Waals surface area contributed by atoms with E-state index >= 15 is 0 Å². The lowest BCUT2D eigenvalue weighted by molar-refractivity contribution is 0.389. The number of hydrogen-bond acceptors (Lipinski definition) is 2. The van der Waals surface area contributed by atoms with Crippen molar-refractivity contribution in [2.75, 3.05) is 17.3 Å². The minimum Gasteiger partial charge on any atom is -0.351 e. The van der Waals surface area contributed by atoms with Crippen molar-refractivity contribution in [2.24, 2.45) is 0 Å². The highest BCUT2D eigenvalue weighted by Crippen LogP contribution is 2.31. The first-order valence-corrected chi connectivity index (χ1v) is 6.17. The van der Waals surface area contributed by atoms with Crippen LogP contribution in [0, 0.1) is 0 Å². The maximum atomic E-state index is 6.13. The van der Waals surface area contributed by atoms with Gasteiger partial charge in [0, 0.05) is 24.7 Å². The van der Waals surface area contributed by atoms with Crippen LogP contribution in [0.25, 0.3) is 0 Å². The largest absolute Gasteiger partial charge is 0.351 e. The predicted octanol–water partition coefficient (Wildman–Crippen LogP) is 3.33. The number of nitrogens with zero attached hydrogens (tertiary/aromatic N) is 2. The van der Waals surface area contributed by atoms with E-state index in [1.165, 1.54) is 19.3 Å². The molecule has 1 fully saturated rings. The molecule has 1 aromatic rings. The fourth-order valence-corrected chi connectivity index (χ4v) is 2.25. The van der Waals surface area contributed by atoms with Gasteiger partial charge in [-0.15, -0.1) is 11.6 Å². The van der Waals surface area contributed by atoms with Crippen LogP contribution in [-0.2, 0) is 0 Å². The lowest BCUT2D eigenvalue weighted by atomic mass is 9.91. The second-order valence-corrected chi connectivity index (χ2v) is 4.56. The highest BCUT2D eigenvalue weighted by Gasteiger charge is 2.26. The summed E-state index contributed by atoms with van der Waals surface area (Å²) in [5.41, 5.74) is 0. The van der Waals surface area contributed by atoms with E-state index in [1.807, 2.05) is 12.1 Å². The quantitative estimate of drug-likeness (QED) is 0.756. The summed E-state index contributed by atoms with van der Waals surface area (Å²) in [6.45, 7) is 0.822. The maximum Gasteiger partial charge on any atom is 0.147 e. The molecule has 0 radical (unpaired) electrons. The second kappa shape index (κ2) is 5.04. The van der Waals surface area contributed by atoms with Gasteiger partial charge in [-0.2, -0.15) is 0 Å². The topological polar surface area (TPSA) is 16.1 Å². The Kier molecular flexibility index (Phi) is 3.71. The van der Waals surface area contributed by atoms with E-state index in [-0.39, 0.29) is 0 Å². The summed E-state index contributed by atoms with van der Waals surface area (Å²) in [6.07, 6.45) is 5.53. The van der Waals surface area contributed by atoms with Gasteiger partial charge in [0.15, 0.2) is 0 Å². The van der Waals surface area contributed by atoms with E-state index in [9.17, 15) is 0 Å². The molecule has 1 heterocycles. The van der Waals surface area contributed by atoms with Crippen molar-refractivity contribution >= 4 is 29.0 Å². The number of anilines is 1. The lowest BCUT2D eigenvalue weighted by Crippen LogP contribution is -2.42. The molecule has 2 nitrogen and oxygen atoms in total. The third-order valence-corrected chi connectivity index (χ3v) is 3.32. The van der Waals surface area contributed by atoms with Crippen LogP contribution in [0.15, 0.2) is 18.3 Å². The summed E-state index contributed by atoms with van der Waals surface area (Å²) in [4.78, 5) is 6.57. The molecule has 0 N–H and O–H groups in total. The fourth-order valence-electron chi connectivity index (χ4n) is 1.84. The maximum absolute atomic E-state index is 6.13.